The highest BCUT2D eigenvalue weighted by Crippen LogP contribution is 2.19. The number of carbonyl (C=O) groups is 2. The van der Waals surface area contributed by atoms with E-state index in [1.165, 1.54) is 6.20 Å². The molecule has 1 atom stereocenters. The van der Waals surface area contributed by atoms with Crippen LogP contribution in [-0.2, 0) is 14.3 Å². The van der Waals surface area contributed by atoms with Crippen LogP contribution in [0.15, 0.2) is 34.9 Å². The SMILES string of the molecule is Cc1nnc(-c2ccc(OCC(CNC(C)(C)C)OC(=O)/C=C\C(=O)O)nc2)o1. The lowest BCUT2D eigenvalue weighted by Crippen LogP contribution is -2.44. The van der Waals surface area contributed by atoms with Crippen LogP contribution in [0.25, 0.3) is 11.5 Å². The molecular formula is C19H24N4O6. The van der Waals surface area contributed by atoms with Crippen molar-refractivity contribution in [1.29, 1.82) is 0 Å². The smallest absolute Gasteiger partial charge is 0.331 e. The molecule has 0 aromatic carbocycles. The van der Waals surface area contributed by atoms with E-state index in [0.717, 1.165) is 12.2 Å². The molecule has 0 aliphatic carbocycles. The molecule has 2 rings (SSSR count). The lowest BCUT2D eigenvalue weighted by molar-refractivity contribution is -0.145. The van der Waals surface area contributed by atoms with E-state index in [0.29, 0.717) is 29.8 Å². The fourth-order valence-electron chi connectivity index (χ4n) is 2.08. The Hall–Kier alpha value is -3.27. The summed E-state index contributed by atoms with van der Waals surface area (Å²) < 4.78 is 16.2. The number of esters is 1. The summed E-state index contributed by atoms with van der Waals surface area (Å²) in [6, 6.07) is 3.36. The van der Waals surface area contributed by atoms with E-state index in [2.05, 4.69) is 20.5 Å². The van der Waals surface area contributed by atoms with Crippen molar-refractivity contribution in [2.75, 3.05) is 13.2 Å². The Bertz CT molecular complexity index is 854. The highest BCUT2D eigenvalue weighted by Gasteiger charge is 2.18. The third-order valence-electron chi connectivity index (χ3n) is 3.43. The highest BCUT2D eigenvalue weighted by molar-refractivity contribution is 5.90. The van der Waals surface area contributed by atoms with Gasteiger partial charge in [-0.05, 0) is 26.8 Å². The molecule has 0 bridgehead atoms. The summed E-state index contributed by atoms with van der Waals surface area (Å²) in [6.07, 6.45) is 2.45. The molecule has 10 nitrogen and oxygen atoms in total. The topological polar surface area (TPSA) is 137 Å². The normalized spacial score (nSPS) is 12.7. The Morgan fingerprint density at radius 3 is 2.59 bits per heavy atom. The minimum atomic E-state index is -1.23. The van der Waals surface area contributed by atoms with Gasteiger partial charge in [0.1, 0.15) is 12.7 Å². The first-order valence-corrected chi connectivity index (χ1v) is 8.88. The number of aryl methyl sites for hydroxylation is 1. The molecule has 10 heteroatoms. The average Bonchev–Trinajstić information content (AvgIpc) is 3.08. The largest absolute Gasteiger partial charge is 0.478 e. The highest BCUT2D eigenvalue weighted by atomic mass is 16.6. The summed E-state index contributed by atoms with van der Waals surface area (Å²) in [4.78, 5) is 26.5. The van der Waals surface area contributed by atoms with Crippen LogP contribution in [0.2, 0.25) is 0 Å². The zero-order chi connectivity index (χ0) is 21.4. The quantitative estimate of drug-likeness (QED) is 0.470. The Balaban J connectivity index is 1.98. The molecule has 1 unspecified atom stereocenters. The Labute approximate surface area is 167 Å². The molecule has 0 saturated heterocycles. The first-order chi connectivity index (χ1) is 13.6. The van der Waals surface area contributed by atoms with Crippen LogP contribution < -0.4 is 10.1 Å². The number of aliphatic carboxylic acids is 1. The number of carbonyl (C=O) groups excluding carboxylic acids is 1. The van der Waals surface area contributed by atoms with Gasteiger partial charge in [-0.2, -0.15) is 0 Å². The second-order valence-corrected chi connectivity index (χ2v) is 7.18. The van der Waals surface area contributed by atoms with Gasteiger partial charge < -0.3 is 24.3 Å². The van der Waals surface area contributed by atoms with Gasteiger partial charge in [0.15, 0.2) is 0 Å². The monoisotopic (exact) mass is 404 g/mol. The minimum Gasteiger partial charge on any atom is -0.478 e. The first-order valence-electron chi connectivity index (χ1n) is 8.88. The standard InChI is InChI=1S/C19H24N4O6/c1-12-22-23-18(28-12)13-5-6-15(20-9-13)27-11-14(10-21-19(2,3)4)29-17(26)8-7-16(24)25/h5-9,14,21H,10-11H2,1-4H3,(H,24,25)/b8-7-. The molecule has 2 heterocycles. The molecular weight excluding hydrogens is 380 g/mol. The molecule has 2 aromatic rings. The number of aromatic nitrogens is 3. The molecule has 0 saturated carbocycles. The number of carboxylic acid groups (broad SMARTS) is 1. The number of nitrogens with one attached hydrogen (secondary N) is 1. The second kappa shape index (κ2) is 9.78. The third-order valence-corrected chi connectivity index (χ3v) is 3.43. The van der Waals surface area contributed by atoms with Gasteiger partial charge in [0.05, 0.1) is 5.56 Å². The Kier molecular flexibility index (Phi) is 7.43. The van der Waals surface area contributed by atoms with E-state index >= 15 is 0 Å². The van der Waals surface area contributed by atoms with Crippen molar-refractivity contribution in [3.8, 4) is 17.3 Å². The van der Waals surface area contributed by atoms with E-state index in [4.69, 9.17) is 19.0 Å². The maximum Gasteiger partial charge on any atom is 0.331 e. The molecule has 0 aliphatic rings. The molecule has 2 aromatic heterocycles. The van der Waals surface area contributed by atoms with Crippen molar-refractivity contribution in [2.45, 2.75) is 39.3 Å². The zero-order valence-electron chi connectivity index (χ0n) is 16.7. The number of hydrogen-bond acceptors (Lipinski definition) is 9. The van der Waals surface area contributed by atoms with Gasteiger partial charge in [0.25, 0.3) is 0 Å². The molecule has 156 valence electrons. The average molecular weight is 404 g/mol. The first kappa shape index (κ1) is 22.0. The van der Waals surface area contributed by atoms with Crippen molar-refractivity contribution in [3.63, 3.8) is 0 Å². The van der Waals surface area contributed by atoms with Gasteiger partial charge in [-0.3, -0.25) is 0 Å². The fraction of sp³-hybridized carbons (Fsp3) is 0.421. The van der Waals surface area contributed by atoms with E-state index in [1.54, 1.807) is 19.1 Å². The minimum absolute atomic E-state index is 0.0295. The third kappa shape index (κ3) is 8.09. The summed E-state index contributed by atoms with van der Waals surface area (Å²) in [5, 5.41) is 19.5. The number of pyridine rings is 1. The maximum absolute atomic E-state index is 11.8. The predicted octanol–water partition coefficient (Wildman–Crippen LogP) is 1.76. The Morgan fingerprint density at radius 1 is 1.28 bits per heavy atom. The van der Waals surface area contributed by atoms with Gasteiger partial charge in [-0.15, -0.1) is 10.2 Å². The van der Waals surface area contributed by atoms with Crippen LogP contribution in [-0.4, -0.2) is 57.0 Å². The fourth-order valence-corrected chi connectivity index (χ4v) is 2.08. The maximum atomic E-state index is 11.8. The van der Waals surface area contributed by atoms with E-state index in [9.17, 15) is 9.59 Å². The van der Waals surface area contributed by atoms with E-state index in [-0.39, 0.29) is 12.1 Å². The van der Waals surface area contributed by atoms with Gasteiger partial charge in [0, 0.05) is 43.4 Å². The molecule has 0 fully saturated rings. The molecule has 29 heavy (non-hydrogen) atoms. The van der Waals surface area contributed by atoms with Crippen molar-refractivity contribution >= 4 is 11.9 Å². The number of ether oxygens (including phenoxy) is 2. The Morgan fingerprint density at radius 2 is 2.03 bits per heavy atom. The van der Waals surface area contributed by atoms with Crippen molar-refractivity contribution < 1.29 is 28.6 Å². The number of hydrogen-bond donors (Lipinski definition) is 2. The summed E-state index contributed by atoms with van der Waals surface area (Å²) >= 11 is 0. The molecule has 0 aliphatic heterocycles. The van der Waals surface area contributed by atoms with Crippen molar-refractivity contribution in [3.05, 3.63) is 36.4 Å². The van der Waals surface area contributed by atoms with Gasteiger partial charge in [-0.1, -0.05) is 0 Å². The molecule has 0 amide bonds. The van der Waals surface area contributed by atoms with Crippen LogP contribution in [0.1, 0.15) is 26.7 Å². The lowest BCUT2D eigenvalue weighted by atomic mass is 10.1. The van der Waals surface area contributed by atoms with Crippen molar-refractivity contribution in [1.82, 2.24) is 20.5 Å². The summed E-state index contributed by atoms with van der Waals surface area (Å²) in [5.74, 6) is -0.876. The van der Waals surface area contributed by atoms with E-state index in [1.807, 2.05) is 20.8 Å². The molecule has 0 spiro atoms. The number of nitrogens with zero attached hydrogens (tertiary/aromatic N) is 3. The molecule has 0 radical (unpaired) electrons. The van der Waals surface area contributed by atoms with Crippen LogP contribution in [0.3, 0.4) is 0 Å². The lowest BCUT2D eigenvalue weighted by Gasteiger charge is -2.25. The van der Waals surface area contributed by atoms with Crippen LogP contribution in [0.4, 0.5) is 0 Å². The van der Waals surface area contributed by atoms with E-state index < -0.39 is 18.0 Å². The second-order valence-electron chi connectivity index (χ2n) is 7.18. The predicted molar refractivity (Wildman–Crippen MR) is 102 cm³/mol. The molecule has 2 N–H and O–H groups in total. The van der Waals surface area contributed by atoms with Gasteiger partial charge in [-0.25, -0.2) is 14.6 Å². The van der Waals surface area contributed by atoms with Gasteiger partial charge >= 0.3 is 11.9 Å². The van der Waals surface area contributed by atoms with Crippen LogP contribution in [0.5, 0.6) is 5.88 Å². The van der Waals surface area contributed by atoms with Crippen LogP contribution >= 0.6 is 0 Å². The number of rotatable bonds is 9. The van der Waals surface area contributed by atoms with Gasteiger partial charge in [0.2, 0.25) is 17.7 Å². The summed E-state index contributed by atoms with van der Waals surface area (Å²) in [6.45, 7) is 7.95. The zero-order valence-corrected chi connectivity index (χ0v) is 16.7. The van der Waals surface area contributed by atoms with Crippen LogP contribution in [0, 0.1) is 6.92 Å². The summed E-state index contributed by atoms with van der Waals surface area (Å²) in [7, 11) is 0. The summed E-state index contributed by atoms with van der Waals surface area (Å²) in [5.41, 5.74) is 0.443. The van der Waals surface area contributed by atoms with Crippen molar-refractivity contribution in [2.24, 2.45) is 0 Å². The number of carboxylic acids is 1.